The normalized spacial score (nSPS) is 5.62. The Morgan fingerprint density at radius 1 is 0.846 bits per heavy atom. The molecular weight excluding hydrogens is 195 g/mol. The molecule has 82 valence electrons. The lowest BCUT2D eigenvalue weighted by Gasteiger charge is -1.92. The summed E-state index contributed by atoms with van der Waals surface area (Å²) in [6.07, 6.45) is 0. The highest BCUT2D eigenvalue weighted by molar-refractivity contribution is 5.29. The molecule has 0 aromatic heterocycles. The van der Waals surface area contributed by atoms with Crippen LogP contribution in [0, 0.1) is 6.92 Å². The van der Waals surface area contributed by atoms with Gasteiger partial charge in [-0.3, -0.25) is 23.5 Å². The Kier molecular flexibility index (Phi) is 30.5. The highest BCUT2D eigenvalue weighted by atomic mass is 19.0. The van der Waals surface area contributed by atoms with E-state index in [9.17, 15) is 0 Å². The number of halogens is 5. The van der Waals surface area contributed by atoms with E-state index in [2.05, 4.69) is 0 Å². The van der Waals surface area contributed by atoms with E-state index in [0.29, 0.717) is 5.75 Å². The first-order chi connectivity index (χ1) is 3.80. The predicted octanol–water partition coefficient (Wildman–Crippen LogP) is 2.46. The number of aryl methyl sites for hydroxylation is 1. The van der Waals surface area contributed by atoms with Crippen molar-refractivity contribution in [3.05, 3.63) is 29.8 Å². The molecule has 1 aromatic carbocycles. The Bertz CT molecular complexity index is 173. The molecule has 0 amide bonds. The van der Waals surface area contributed by atoms with Gasteiger partial charge in [0, 0.05) is 0 Å². The Hall–Kier alpha value is -1.33. The van der Waals surface area contributed by atoms with Crippen LogP contribution in [0.1, 0.15) is 5.56 Å². The topological polar surface area (TPSA) is 20.2 Å². The molecule has 0 heterocycles. The van der Waals surface area contributed by atoms with E-state index < -0.39 is 0 Å². The lowest BCUT2D eigenvalue weighted by atomic mass is 10.2. The van der Waals surface area contributed by atoms with Crippen LogP contribution in [0.15, 0.2) is 24.3 Å². The maximum atomic E-state index is 8.92. The van der Waals surface area contributed by atoms with Crippen molar-refractivity contribution >= 4 is 0 Å². The molecule has 0 saturated heterocycles. The number of benzene rings is 1. The van der Waals surface area contributed by atoms with E-state index in [1.54, 1.807) is 6.07 Å². The summed E-state index contributed by atoms with van der Waals surface area (Å²) in [4.78, 5) is 0. The second-order valence-corrected chi connectivity index (χ2v) is 1.79. The minimum atomic E-state index is 0. The molecule has 0 aliphatic carbocycles. The van der Waals surface area contributed by atoms with Crippen molar-refractivity contribution < 1.29 is 28.6 Å². The number of aromatic hydroxyl groups is 1. The number of phenols is 1. The van der Waals surface area contributed by atoms with Gasteiger partial charge in [-0.05, 0) is 18.6 Å². The molecule has 6 heteroatoms. The summed E-state index contributed by atoms with van der Waals surface area (Å²) in [5, 5.41) is 8.92. The van der Waals surface area contributed by atoms with Crippen molar-refractivity contribution in [2.75, 3.05) is 0 Å². The van der Waals surface area contributed by atoms with Gasteiger partial charge in [-0.2, -0.15) is 0 Å². The number of hydrogen-bond acceptors (Lipinski definition) is 1. The molecule has 0 fully saturated rings. The Balaban J connectivity index is -0.0000000427. The number of rotatable bonds is 0. The van der Waals surface area contributed by atoms with Gasteiger partial charge in [-0.25, -0.2) is 0 Å². The third-order valence-electron chi connectivity index (χ3n) is 1.12. The van der Waals surface area contributed by atoms with Crippen LogP contribution in [-0.4, -0.2) is 5.11 Å². The van der Waals surface area contributed by atoms with E-state index in [-0.39, 0.29) is 23.5 Å². The van der Waals surface area contributed by atoms with E-state index in [4.69, 9.17) is 5.11 Å². The van der Waals surface area contributed by atoms with E-state index in [1.165, 1.54) is 0 Å². The summed E-state index contributed by atoms with van der Waals surface area (Å²) in [6, 6.07) is 7.25. The standard InChI is InChI=1S/C7H8O.5FH/c1-6-4-2-3-5-7(6)8;;;;;/h2-5,8H,1H3;5*1H. The fourth-order valence-electron chi connectivity index (χ4n) is 0.563. The fraction of sp³-hybridized carbons (Fsp3) is 0.143. The zero-order valence-corrected chi connectivity index (χ0v) is 6.80. The minimum Gasteiger partial charge on any atom is -0.508 e. The van der Waals surface area contributed by atoms with Crippen LogP contribution < -0.4 is 0 Å². The second-order valence-electron chi connectivity index (χ2n) is 1.79. The van der Waals surface area contributed by atoms with Gasteiger partial charge < -0.3 is 5.11 Å². The fourth-order valence-corrected chi connectivity index (χ4v) is 0.563. The molecular formula is C7H13F5O. The molecule has 0 atom stereocenters. The molecule has 0 aliphatic heterocycles. The zero-order valence-electron chi connectivity index (χ0n) is 6.80. The first-order valence-corrected chi connectivity index (χ1v) is 2.55. The van der Waals surface area contributed by atoms with Gasteiger partial charge in [0.05, 0.1) is 0 Å². The summed E-state index contributed by atoms with van der Waals surface area (Å²) in [6.45, 7) is 1.87. The summed E-state index contributed by atoms with van der Waals surface area (Å²) < 4.78 is 0. The molecule has 1 aromatic rings. The third-order valence-corrected chi connectivity index (χ3v) is 1.12. The Labute approximate surface area is 72.2 Å². The van der Waals surface area contributed by atoms with Crippen molar-refractivity contribution in [1.82, 2.24) is 0 Å². The first kappa shape index (κ1) is 29.9. The highest BCUT2D eigenvalue weighted by Crippen LogP contribution is 2.12. The molecule has 0 radical (unpaired) electrons. The molecule has 0 bridgehead atoms. The Morgan fingerprint density at radius 2 is 1.23 bits per heavy atom. The smallest absolute Gasteiger partial charge is 0.118 e. The number of phenolic OH excluding ortho intramolecular Hbond substituents is 1. The Morgan fingerprint density at radius 3 is 1.46 bits per heavy atom. The van der Waals surface area contributed by atoms with Gasteiger partial charge in [0.1, 0.15) is 5.75 Å². The molecule has 1 N–H and O–H groups in total. The van der Waals surface area contributed by atoms with Crippen molar-refractivity contribution in [3.63, 3.8) is 0 Å². The van der Waals surface area contributed by atoms with Gasteiger partial charge in [-0.1, -0.05) is 18.2 Å². The van der Waals surface area contributed by atoms with Crippen molar-refractivity contribution in [3.8, 4) is 5.75 Å². The molecule has 0 saturated carbocycles. The summed E-state index contributed by atoms with van der Waals surface area (Å²) in [7, 11) is 0. The quantitative estimate of drug-likeness (QED) is 0.649. The molecule has 1 rings (SSSR count). The van der Waals surface area contributed by atoms with Crippen LogP contribution in [0.2, 0.25) is 0 Å². The number of hydrogen-bond donors (Lipinski definition) is 1. The molecule has 0 unspecified atom stereocenters. The van der Waals surface area contributed by atoms with Crippen LogP contribution in [0.4, 0.5) is 23.5 Å². The van der Waals surface area contributed by atoms with Crippen LogP contribution in [0.5, 0.6) is 5.75 Å². The summed E-state index contributed by atoms with van der Waals surface area (Å²) >= 11 is 0. The van der Waals surface area contributed by atoms with E-state index >= 15 is 0 Å². The van der Waals surface area contributed by atoms with Crippen LogP contribution in [0.25, 0.3) is 0 Å². The lowest BCUT2D eigenvalue weighted by Crippen LogP contribution is -1.68. The van der Waals surface area contributed by atoms with Crippen molar-refractivity contribution in [2.45, 2.75) is 6.92 Å². The third kappa shape index (κ3) is 8.58. The SMILES string of the molecule is Cc1ccccc1O.F.F.F.F.F. The first-order valence-electron chi connectivity index (χ1n) is 2.55. The van der Waals surface area contributed by atoms with Gasteiger partial charge >= 0.3 is 0 Å². The molecule has 0 spiro atoms. The lowest BCUT2D eigenvalue weighted by molar-refractivity contribution is 0.471. The maximum Gasteiger partial charge on any atom is 0.118 e. The van der Waals surface area contributed by atoms with Crippen molar-refractivity contribution in [2.24, 2.45) is 0 Å². The summed E-state index contributed by atoms with van der Waals surface area (Å²) in [5.74, 6) is 0.368. The monoisotopic (exact) mass is 208 g/mol. The van der Waals surface area contributed by atoms with Gasteiger partial charge in [0.25, 0.3) is 0 Å². The molecule has 13 heavy (non-hydrogen) atoms. The van der Waals surface area contributed by atoms with Crippen LogP contribution >= 0.6 is 0 Å². The predicted molar refractivity (Wildman–Crippen MR) is 45.4 cm³/mol. The van der Waals surface area contributed by atoms with Crippen molar-refractivity contribution in [1.29, 1.82) is 0 Å². The average molecular weight is 208 g/mol. The van der Waals surface area contributed by atoms with Gasteiger partial charge in [0.2, 0.25) is 0 Å². The van der Waals surface area contributed by atoms with Crippen LogP contribution in [0.3, 0.4) is 0 Å². The zero-order chi connectivity index (χ0) is 5.98. The highest BCUT2D eigenvalue weighted by Gasteiger charge is 1.86. The molecule has 1 nitrogen and oxygen atoms in total. The maximum absolute atomic E-state index is 8.92. The van der Waals surface area contributed by atoms with Gasteiger partial charge in [-0.15, -0.1) is 0 Å². The average Bonchev–Trinajstić information content (AvgIpc) is 1.77. The van der Waals surface area contributed by atoms with Gasteiger partial charge in [0.15, 0.2) is 0 Å². The number of para-hydroxylation sites is 1. The van der Waals surface area contributed by atoms with E-state index in [0.717, 1.165) is 5.56 Å². The molecule has 0 aliphatic rings. The second kappa shape index (κ2) is 13.3. The minimum absolute atomic E-state index is 0. The van der Waals surface area contributed by atoms with E-state index in [1.807, 2.05) is 25.1 Å². The largest absolute Gasteiger partial charge is 0.508 e. The summed E-state index contributed by atoms with van der Waals surface area (Å²) in [5.41, 5.74) is 0.924. The van der Waals surface area contributed by atoms with Crippen LogP contribution in [-0.2, 0) is 0 Å².